The van der Waals surface area contributed by atoms with Crippen molar-refractivity contribution in [1.82, 2.24) is 0 Å². The molecule has 0 amide bonds. The standard InChI is InChI=1S/C16H16BrN/c1-13-15(17)10-5-11-16(13)18-12-6-9-14-7-3-2-4-8-14/h2-11,18H,12H2,1H3/b9-6+. The molecular formula is C16H16BrN. The van der Waals surface area contributed by atoms with E-state index in [1.807, 2.05) is 24.3 Å². The lowest BCUT2D eigenvalue weighted by Crippen LogP contribution is -2.00. The molecule has 0 aliphatic rings. The molecule has 0 aliphatic carbocycles. The summed E-state index contributed by atoms with van der Waals surface area (Å²) in [5.74, 6) is 0. The molecule has 2 aromatic rings. The molecule has 0 spiro atoms. The van der Waals surface area contributed by atoms with E-state index in [2.05, 4.69) is 64.6 Å². The maximum absolute atomic E-state index is 3.53. The lowest BCUT2D eigenvalue weighted by Gasteiger charge is -2.08. The molecule has 0 bridgehead atoms. The number of rotatable bonds is 4. The third-order valence-electron chi connectivity index (χ3n) is 2.79. The first-order valence-electron chi connectivity index (χ1n) is 5.98. The van der Waals surface area contributed by atoms with E-state index in [0.717, 1.165) is 11.0 Å². The lowest BCUT2D eigenvalue weighted by atomic mass is 10.2. The Morgan fingerprint density at radius 1 is 1.06 bits per heavy atom. The minimum atomic E-state index is 0.826. The average molecular weight is 302 g/mol. The van der Waals surface area contributed by atoms with Gasteiger partial charge >= 0.3 is 0 Å². The summed E-state index contributed by atoms with van der Waals surface area (Å²) in [5.41, 5.74) is 3.64. The fraction of sp³-hybridized carbons (Fsp3) is 0.125. The van der Waals surface area contributed by atoms with Crippen LogP contribution in [-0.2, 0) is 0 Å². The Morgan fingerprint density at radius 2 is 1.83 bits per heavy atom. The zero-order valence-electron chi connectivity index (χ0n) is 10.4. The molecule has 0 radical (unpaired) electrons. The molecule has 2 aromatic carbocycles. The van der Waals surface area contributed by atoms with Crippen molar-refractivity contribution in [2.75, 3.05) is 11.9 Å². The van der Waals surface area contributed by atoms with E-state index in [1.165, 1.54) is 16.8 Å². The van der Waals surface area contributed by atoms with Crippen LogP contribution in [0.1, 0.15) is 11.1 Å². The van der Waals surface area contributed by atoms with Gasteiger partial charge in [-0.05, 0) is 30.2 Å². The van der Waals surface area contributed by atoms with E-state index in [0.29, 0.717) is 0 Å². The van der Waals surface area contributed by atoms with Gasteiger partial charge in [0.2, 0.25) is 0 Å². The quantitative estimate of drug-likeness (QED) is 0.848. The third-order valence-corrected chi connectivity index (χ3v) is 3.65. The first-order chi connectivity index (χ1) is 8.77. The topological polar surface area (TPSA) is 12.0 Å². The van der Waals surface area contributed by atoms with Crippen LogP contribution in [0.5, 0.6) is 0 Å². The van der Waals surface area contributed by atoms with Crippen LogP contribution in [0.15, 0.2) is 59.1 Å². The minimum absolute atomic E-state index is 0.826. The maximum atomic E-state index is 3.53. The second-order valence-corrected chi connectivity index (χ2v) is 4.96. The summed E-state index contributed by atoms with van der Waals surface area (Å²) in [5, 5.41) is 3.41. The van der Waals surface area contributed by atoms with Crippen molar-refractivity contribution in [2.24, 2.45) is 0 Å². The van der Waals surface area contributed by atoms with Gasteiger partial charge in [-0.2, -0.15) is 0 Å². The Kier molecular flexibility index (Phi) is 4.59. The van der Waals surface area contributed by atoms with Gasteiger partial charge in [-0.15, -0.1) is 0 Å². The number of anilines is 1. The third kappa shape index (κ3) is 3.47. The van der Waals surface area contributed by atoms with Crippen LogP contribution in [0.4, 0.5) is 5.69 Å². The van der Waals surface area contributed by atoms with Crippen LogP contribution in [0.2, 0.25) is 0 Å². The summed E-state index contributed by atoms with van der Waals surface area (Å²) < 4.78 is 1.14. The second kappa shape index (κ2) is 6.41. The van der Waals surface area contributed by atoms with Crippen molar-refractivity contribution in [2.45, 2.75) is 6.92 Å². The van der Waals surface area contributed by atoms with Gasteiger partial charge in [0, 0.05) is 16.7 Å². The predicted molar refractivity (Wildman–Crippen MR) is 82.8 cm³/mol. The lowest BCUT2D eigenvalue weighted by molar-refractivity contribution is 1.30. The van der Waals surface area contributed by atoms with Crippen LogP contribution in [0.3, 0.4) is 0 Å². The number of benzene rings is 2. The molecule has 0 aliphatic heterocycles. The van der Waals surface area contributed by atoms with Crippen molar-refractivity contribution < 1.29 is 0 Å². The highest BCUT2D eigenvalue weighted by Gasteiger charge is 1.98. The van der Waals surface area contributed by atoms with Crippen molar-refractivity contribution in [3.8, 4) is 0 Å². The number of hydrogen-bond acceptors (Lipinski definition) is 1. The molecule has 1 N–H and O–H groups in total. The number of hydrogen-bond donors (Lipinski definition) is 1. The predicted octanol–water partition coefficient (Wildman–Crippen LogP) is 4.88. The first kappa shape index (κ1) is 12.9. The normalized spacial score (nSPS) is 10.8. The van der Waals surface area contributed by atoms with Gasteiger partial charge in [0.25, 0.3) is 0 Å². The van der Waals surface area contributed by atoms with Gasteiger partial charge in [0.05, 0.1) is 0 Å². The van der Waals surface area contributed by atoms with Gasteiger partial charge in [-0.1, -0.05) is 64.5 Å². The van der Waals surface area contributed by atoms with Crippen molar-refractivity contribution in [1.29, 1.82) is 0 Å². The molecule has 1 nitrogen and oxygen atoms in total. The zero-order chi connectivity index (χ0) is 12.8. The molecule has 0 atom stereocenters. The smallest absolute Gasteiger partial charge is 0.0383 e. The molecule has 0 saturated carbocycles. The van der Waals surface area contributed by atoms with Crippen LogP contribution in [0, 0.1) is 6.92 Å². The van der Waals surface area contributed by atoms with Gasteiger partial charge in [-0.3, -0.25) is 0 Å². The van der Waals surface area contributed by atoms with Crippen molar-refractivity contribution in [3.63, 3.8) is 0 Å². The fourth-order valence-electron chi connectivity index (χ4n) is 1.73. The molecule has 0 saturated heterocycles. The molecule has 0 heterocycles. The molecule has 0 unspecified atom stereocenters. The van der Waals surface area contributed by atoms with Crippen LogP contribution >= 0.6 is 15.9 Å². The van der Waals surface area contributed by atoms with E-state index < -0.39 is 0 Å². The molecule has 92 valence electrons. The Bertz CT molecular complexity index is 532. The summed E-state index contributed by atoms with van der Waals surface area (Å²) in [6.07, 6.45) is 4.26. The molecule has 0 aromatic heterocycles. The van der Waals surface area contributed by atoms with E-state index in [1.54, 1.807) is 0 Å². The minimum Gasteiger partial charge on any atom is -0.381 e. The Balaban J connectivity index is 1.93. The van der Waals surface area contributed by atoms with Crippen LogP contribution in [0.25, 0.3) is 6.08 Å². The first-order valence-corrected chi connectivity index (χ1v) is 6.77. The van der Waals surface area contributed by atoms with E-state index in [9.17, 15) is 0 Å². The average Bonchev–Trinajstić information content (AvgIpc) is 2.40. The summed E-state index contributed by atoms with van der Waals surface area (Å²) in [6.45, 7) is 2.93. The van der Waals surface area contributed by atoms with Crippen LogP contribution in [-0.4, -0.2) is 6.54 Å². The Hall–Kier alpha value is -1.54. The van der Waals surface area contributed by atoms with Crippen LogP contribution < -0.4 is 5.32 Å². The van der Waals surface area contributed by atoms with E-state index in [-0.39, 0.29) is 0 Å². The monoisotopic (exact) mass is 301 g/mol. The fourth-order valence-corrected chi connectivity index (χ4v) is 2.09. The largest absolute Gasteiger partial charge is 0.381 e. The molecule has 18 heavy (non-hydrogen) atoms. The number of nitrogens with one attached hydrogen (secondary N) is 1. The SMILES string of the molecule is Cc1c(Br)cccc1NC/C=C/c1ccccc1. The summed E-state index contributed by atoms with van der Waals surface area (Å²) >= 11 is 3.53. The van der Waals surface area contributed by atoms with E-state index in [4.69, 9.17) is 0 Å². The molecular weight excluding hydrogens is 286 g/mol. The molecule has 0 fully saturated rings. The van der Waals surface area contributed by atoms with Gasteiger partial charge < -0.3 is 5.32 Å². The van der Waals surface area contributed by atoms with Gasteiger partial charge in [-0.25, -0.2) is 0 Å². The zero-order valence-corrected chi connectivity index (χ0v) is 11.9. The Labute approximate surface area is 117 Å². The number of halogens is 1. The second-order valence-electron chi connectivity index (χ2n) is 4.11. The highest BCUT2D eigenvalue weighted by atomic mass is 79.9. The molecule has 2 rings (SSSR count). The highest BCUT2D eigenvalue weighted by molar-refractivity contribution is 9.10. The van der Waals surface area contributed by atoms with E-state index >= 15 is 0 Å². The van der Waals surface area contributed by atoms with Crippen molar-refractivity contribution >= 4 is 27.7 Å². The van der Waals surface area contributed by atoms with Gasteiger partial charge in [0.1, 0.15) is 0 Å². The summed E-state index contributed by atoms with van der Waals surface area (Å²) in [7, 11) is 0. The van der Waals surface area contributed by atoms with Gasteiger partial charge in [0.15, 0.2) is 0 Å². The van der Waals surface area contributed by atoms with Crippen molar-refractivity contribution in [3.05, 3.63) is 70.2 Å². The Morgan fingerprint density at radius 3 is 2.61 bits per heavy atom. The highest BCUT2D eigenvalue weighted by Crippen LogP contribution is 2.23. The summed E-state index contributed by atoms with van der Waals surface area (Å²) in [4.78, 5) is 0. The summed E-state index contributed by atoms with van der Waals surface area (Å²) in [6, 6.07) is 16.5. The maximum Gasteiger partial charge on any atom is 0.0383 e. The molecule has 2 heteroatoms.